The first-order chi connectivity index (χ1) is 54.3. The maximum absolute atomic E-state index is 13.8. The van der Waals surface area contributed by atoms with Crippen molar-refractivity contribution in [2.24, 2.45) is 0 Å². The van der Waals surface area contributed by atoms with Crippen LogP contribution in [0.3, 0.4) is 0 Å². The van der Waals surface area contributed by atoms with Gasteiger partial charge in [-0.2, -0.15) is 47.9 Å². The molecular weight excluding hydrogens is 1560 g/mol. The minimum atomic E-state index is -4.99. The topological polar surface area (TPSA) is 258 Å². The first kappa shape index (κ1) is 92.5. The van der Waals surface area contributed by atoms with Crippen LogP contribution in [-0.4, -0.2) is 107 Å². The van der Waals surface area contributed by atoms with Crippen LogP contribution in [0.4, 0.5) is 39.5 Å². The van der Waals surface area contributed by atoms with Gasteiger partial charge in [-0.15, -0.1) is 0 Å². The van der Waals surface area contributed by atoms with Gasteiger partial charge in [0.15, 0.2) is 12.2 Å². The Labute approximate surface area is 670 Å². The number of halogens is 9. The van der Waals surface area contributed by atoms with Crippen molar-refractivity contribution in [3.63, 3.8) is 0 Å². The van der Waals surface area contributed by atoms with Gasteiger partial charge in [-0.05, 0) is 169 Å². The van der Waals surface area contributed by atoms with Gasteiger partial charge in [-0.1, -0.05) is 83.8 Å². The van der Waals surface area contributed by atoms with E-state index in [1.165, 1.54) is 99.4 Å². The number of hydrogen-bond donors (Lipinski definition) is 1. The maximum atomic E-state index is 13.8. The molecule has 0 fully saturated rings. The summed E-state index contributed by atoms with van der Waals surface area (Å²) < 4.78 is 191. The van der Waals surface area contributed by atoms with Crippen LogP contribution in [0.25, 0.3) is 44.5 Å². The van der Waals surface area contributed by atoms with Crippen LogP contribution in [-0.2, 0) is 20.7 Å². The van der Waals surface area contributed by atoms with Gasteiger partial charge in [0.25, 0.3) is 10.1 Å². The molecule has 2 atom stereocenters. The number of nitrogens with zero attached hydrogens (tertiary/aromatic N) is 8. The number of aryl methyl sites for hydroxylation is 1. The van der Waals surface area contributed by atoms with Crippen molar-refractivity contribution in [3.8, 4) is 114 Å². The molecule has 13 rings (SSSR count). The Morgan fingerprint density at radius 3 is 0.983 bits per heavy atom. The molecule has 1 N–H and O–H groups in total. The third kappa shape index (κ3) is 25.3. The Balaban J connectivity index is 0.000000243. The maximum Gasteiger partial charge on any atom is 0.420 e. The van der Waals surface area contributed by atoms with Crippen LogP contribution >= 0.6 is 0 Å². The van der Waals surface area contributed by atoms with Gasteiger partial charge in [-0.3, -0.25) is 24.7 Å². The van der Waals surface area contributed by atoms with Gasteiger partial charge >= 0.3 is 18.5 Å². The predicted molar refractivity (Wildman–Crippen MR) is 423 cm³/mol. The lowest BCUT2D eigenvalue weighted by atomic mass is 10.1. The Bertz CT molecular complexity index is 5410. The van der Waals surface area contributed by atoms with E-state index in [4.69, 9.17) is 37.9 Å². The van der Waals surface area contributed by atoms with Crippen LogP contribution in [0.5, 0.6) is 69.5 Å². The second-order valence-electron chi connectivity index (χ2n) is 23.6. The van der Waals surface area contributed by atoms with Gasteiger partial charge in [0.2, 0.25) is 23.5 Å². The zero-order valence-corrected chi connectivity index (χ0v) is 60.9. The highest BCUT2D eigenvalue weighted by Crippen LogP contribution is 2.44. The first-order valence-electron chi connectivity index (χ1n) is 33.4. The van der Waals surface area contributed by atoms with Crippen LogP contribution in [0, 0.1) is 6.92 Å². The average Bonchev–Trinajstić information content (AvgIpc) is 0.788. The summed E-state index contributed by atoms with van der Waals surface area (Å²) in [7, 11) is 1.50. The van der Waals surface area contributed by atoms with E-state index < -0.39 is 52.8 Å². The van der Waals surface area contributed by atoms with Gasteiger partial charge in [0.05, 0.1) is 39.8 Å². The number of methoxy groups -OCH3 is 4. The number of hydrogen-bond acceptors (Lipinski definition) is 21. The molecule has 0 saturated carbocycles. The molecule has 0 aliphatic heterocycles. The standard InChI is InChI=1S/C26H21F3N2O5S.C19H15F3N2O3.C19H15F3N2O2.C18H14N2O3.4CH4/c1-17-5-11-20(12-6-17)37(32,33)36-24(26(27,28)29)18-7-9-19(10-8-18)35-25-21(4-3-14-31-25)22-16-30-15-13-23(22)34-2;1-26-16-8-10-23-11-15(16)14-3-2-9-24-18(14)27-13-6-4-12(5-7-13)17(25)19(20,21)22;1-25-17-8-10-23-12-16(17)15-3-2-9-24-18(15)26-14-6-4-13(5-7-14)11-19(20,21)22;1-22-17-8-10-19-11-16(17)15-3-2-9-20-18(15)23-14-6-4-13(12-21)5-7-14;;;;/h3-16,24H,1-2H3;2-11,17,25H,1H3;2-10,12H,11H2,1H3;2-12H,1H3;4*1H4. The molecule has 21 nitrogen and oxygen atoms in total. The molecule has 0 radical (unpaired) electrons. The molecule has 0 saturated heterocycles. The van der Waals surface area contributed by atoms with E-state index in [-0.39, 0.29) is 69.0 Å². The lowest BCUT2D eigenvalue weighted by molar-refractivity contribution is -0.206. The lowest BCUT2D eigenvalue weighted by Crippen LogP contribution is -2.26. The van der Waals surface area contributed by atoms with E-state index in [1.54, 1.807) is 168 Å². The molecule has 8 aromatic heterocycles. The molecule has 5 aromatic carbocycles. The summed E-state index contributed by atoms with van der Waals surface area (Å²) in [6, 6.07) is 48.6. The summed E-state index contributed by atoms with van der Waals surface area (Å²) >= 11 is 0. The van der Waals surface area contributed by atoms with Crippen molar-refractivity contribution < 1.29 is 99.9 Å². The second kappa shape index (κ2) is 42.6. The summed E-state index contributed by atoms with van der Waals surface area (Å²) in [4.78, 5) is 43.7. The van der Waals surface area contributed by atoms with Crippen molar-refractivity contribution >= 4 is 16.4 Å². The molecule has 117 heavy (non-hydrogen) atoms. The van der Waals surface area contributed by atoms with Crippen LogP contribution in [0.15, 0.2) is 273 Å². The molecule has 0 amide bonds. The fraction of sp³-hybridized carbons (Fsp3) is 0.174. The molecule has 0 spiro atoms. The third-order valence-electron chi connectivity index (χ3n) is 16.0. The van der Waals surface area contributed by atoms with Gasteiger partial charge in [-0.25, -0.2) is 24.1 Å². The smallest absolute Gasteiger partial charge is 0.420 e. The third-order valence-corrected chi connectivity index (χ3v) is 17.3. The molecule has 0 aliphatic rings. The number of carbonyl (C=O) groups is 1. The number of rotatable bonds is 23. The predicted octanol–water partition coefficient (Wildman–Crippen LogP) is 22.2. The van der Waals surface area contributed by atoms with Crippen LogP contribution in [0.2, 0.25) is 0 Å². The summed E-state index contributed by atoms with van der Waals surface area (Å²) in [5, 5.41) is 9.29. The van der Waals surface area contributed by atoms with E-state index in [9.17, 15) is 57.8 Å². The Kier molecular flexibility index (Phi) is 33.7. The molecule has 8 heterocycles. The fourth-order valence-corrected chi connectivity index (χ4v) is 11.6. The highest BCUT2D eigenvalue weighted by molar-refractivity contribution is 7.86. The van der Waals surface area contributed by atoms with E-state index in [0.717, 1.165) is 47.2 Å². The van der Waals surface area contributed by atoms with E-state index in [2.05, 4.69) is 44.1 Å². The quantitative estimate of drug-likeness (QED) is 0.0354. The molecule has 0 bridgehead atoms. The number of carbonyl (C=O) groups excluding carboxylic acids is 1. The minimum Gasteiger partial charge on any atom is -0.496 e. The summed E-state index contributed by atoms with van der Waals surface area (Å²) in [6.07, 6.45) is -0.211. The Morgan fingerprint density at radius 1 is 0.385 bits per heavy atom. The van der Waals surface area contributed by atoms with E-state index in [1.807, 2.05) is 12.1 Å². The van der Waals surface area contributed by atoms with Crippen LogP contribution in [0.1, 0.15) is 74.5 Å². The number of benzene rings is 5. The van der Waals surface area contributed by atoms with E-state index >= 15 is 0 Å². The van der Waals surface area contributed by atoms with Crippen molar-refractivity contribution in [3.05, 3.63) is 296 Å². The SMILES string of the molecule is C.C.C.C.COc1ccncc1-c1cccnc1Oc1ccc(C(O)C(F)(F)F)cc1.COc1ccncc1-c1cccnc1Oc1ccc(C(OS(=O)(=O)c2ccc(C)cc2)C(F)(F)F)cc1.COc1ccncc1-c1cccnc1Oc1ccc(C=O)cc1.COc1ccncc1-c1cccnc1Oc1ccc(CC(F)(F)F)cc1. The number of aliphatic hydroxyl groups excluding tert-OH is 1. The van der Waals surface area contributed by atoms with Crippen molar-refractivity contribution in [2.75, 3.05) is 28.4 Å². The highest BCUT2D eigenvalue weighted by Gasteiger charge is 2.45. The molecular formula is C86H81F9N8O13S. The summed E-state index contributed by atoms with van der Waals surface area (Å²) in [6.45, 7) is 1.72. The van der Waals surface area contributed by atoms with E-state index in [0.29, 0.717) is 85.2 Å². The average molecular weight is 1640 g/mol. The van der Waals surface area contributed by atoms with Gasteiger partial charge in [0.1, 0.15) is 52.3 Å². The highest BCUT2D eigenvalue weighted by atomic mass is 32.2. The summed E-state index contributed by atoms with van der Waals surface area (Å²) in [5.41, 5.74) is 6.19. The lowest BCUT2D eigenvalue weighted by Gasteiger charge is -2.21. The number of aldehydes is 1. The molecule has 2 unspecified atom stereocenters. The fourth-order valence-electron chi connectivity index (χ4n) is 10.5. The van der Waals surface area contributed by atoms with Crippen molar-refractivity contribution in [1.29, 1.82) is 0 Å². The minimum absolute atomic E-state index is 0. The molecule has 13 aromatic rings. The van der Waals surface area contributed by atoms with Gasteiger partial charge < -0.3 is 43.0 Å². The Morgan fingerprint density at radius 2 is 0.692 bits per heavy atom. The molecule has 31 heteroatoms. The first-order valence-corrected chi connectivity index (χ1v) is 34.8. The van der Waals surface area contributed by atoms with Crippen LogP contribution < -0.4 is 37.9 Å². The number of ether oxygens (including phenoxy) is 8. The number of alkyl halides is 9. The number of pyridine rings is 8. The normalized spacial score (nSPS) is 11.4. The van der Waals surface area contributed by atoms with Gasteiger partial charge in [0, 0.05) is 124 Å². The molecule has 612 valence electrons. The second-order valence-corrected chi connectivity index (χ2v) is 25.2. The largest absolute Gasteiger partial charge is 0.496 e. The van der Waals surface area contributed by atoms with Crippen molar-refractivity contribution in [2.45, 2.75) is 78.7 Å². The number of aliphatic hydroxyl groups is 1. The Hall–Kier alpha value is -13.4. The summed E-state index contributed by atoms with van der Waals surface area (Å²) in [5.74, 6) is 5.00. The van der Waals surface area contributed by atoms with Crippen molar-refractivity contribution in [1.82, 2.24) is 39.9 Å². The number of aromatic nitrogens is 8. The monoisotopic (exact) mass is 1640 g/mol. The zero-order valence-electron chi connectivity index (χ0n) is 60.1. The zero-order chi connectivity index (χ0) is 80.7. The molecule has 0 aliphatic carbocycles.